The Morgan fingerprint density at radius 2 is 1.78 bits per heavy atom. The SMILES string of the molecule is N#Cc1cc(F)c(Nc2cccc(Br)c2)c(F)c1. The van der Waals surface area contributed by atoms with Gasteiger partial charge in [0.05, 0.1) is 11.6 Å². The van der Waals surface area contributed by atoms with Crippen molar-refractivity contribution in [1.82, 2.24) is 0 Å². The van der Waals surface area contributed by atoms with Gasteiger partial charge in [0.2, 0.25) is 0 Å². The van der Waals surface area contributed by atoms with Crippen LogP contribution < -0.4 is 5.32 Å². The first-order valence-electron chi connectivity index (χ1n) is 5.02. The van der Waals surface area contributed by atoms with E-state index in [0.29, 0.717) is 5.69 Å². The van der Waals surface area contributed by atoms with E-state index >= 15 is 0 Å². The average molecular weight is 309 g/mol. The summed E-state index contributed by atoms with van der Waals surface area (Å²) in [6, 6.07) is 10.6. The van der Waals surface area contributed by atoms with E-state index in [1.165, 1.54) is 0 Å². The molecule has 5 heteroatoms. The summed E-state index contributed by atoms with van der Waals surface area (Å²) < 4.78 is 28.0. The van der Waals surface area contributed by atoms with Gasteiger partial charge in [-0.05, 0) is 30.3 Å². The van der Waals surface area contributed by atoms with Gasteiger partial charge < -0.3 is 5.32 Å². The van der Waals surface area contributed by atoms with Crippen molar-refractivity contribution in [3.05, 3.63) is 58.1 Å². The van der Waals surface area contributed by atoms with Crippen molar-refractivity contribution >= 4 is 27.3 Å². The fourth-order valence-electron chi connectivity index (χ4n) is 1.47. The number of nitriles is 1. The summed E-state index contributed by atoms with van der Waals surface area (Å²) in [5.74, 6) is -1.60. The Bertz CT molecular complexity index is 612. The molecule has 2 nitrogen and oxygen atoms in total. The van der Waals surface area contributed by atoms with E-state index in [9.17, 15) is 8.78 Å². The minimum Gasteiger partial charge on any atom is -0.351 e. The van der Waals surface area contributed by atoms with Gasteiger partial charge in [-0.2, -0.15) is 5.26 Å². The smallest absolute Gasteiger partial charge is 0.150 e. The van der Waals surface area contributed by atoms with Crippen LogP contribution in [0, 0.1) is 23.0 Å². The van der Waals surface area contributed by atoms with E-state index in [1.54, 1.807) is 30.3 Å². The number of rotatable bonds is 2. The Hall–Kier alpha value is -1.93. The predicted octanol–water partition coefficient (Wildman–Crippen LogP) is 4.34. The fraction of sp³-hybridized carbons (Fsp3) is 0. The molecule has 0 radical (unpaired) electrons. The van der Waals surface area contributed by atoms with Crippen molar-refractivity contribution in [2.24, 2.45) is 0 Å². The third-order valence-corrected chi connectivity index (χ3v) is 2.76. The van der Waals surface area contributed by atoms with Crippen LogP contribution in [0.2, 0.25) is 0 Å². The second-order valence-corrected chi connectivity index (χ2v) is 4.48. The summed E-state index contributed by atoms with van der Waals surface area (Å²) in [5, 5.41) is 11.2. The van der Waals surface area contributed by atoms with E-state index in [2.05, 4.69) is 21.2 Å². The maximum Gasteiger partial charge on any atom is 0.150 e. The van der Waals surface area contributed by atoms with Crippen molar-refractivity contribution in [1.29, 1.82) is 5.26 Å². The van der Waals surface area contributed by atoms with E-state index < -0.39 is 11.6 Å². The lowest BCUT2D eigenvalue weighted by Gasteiger charge is -2.09. The van der Waals surface area contributed by atoms with Gasteiger partial charge in [-0.1, -0.05) is 22.0 Å². The maximum absolute atomic E-state index is 13.6. The largest absolute Gasteiger partial charge is 0.351 e. The molecule has 0 fully saturated rings. The van der Waals surface area contributed by atoms with Crippen LogP contribution in [0.5, 0.6) is 0 Å². The first-order valence-corrected chi connectivity index (χ1v) is 5.81. The molecule has 0 spiro atoms. The lowest BCUT2D eigenvalue weighted by Crippen LogP contribution is -1.98. The number of hydrogen-bond acceptors (Lipinski definition) is 2. The molecule has 0 aliphatic rings. The summed E-state index contributed by atoms with van der Waals surface area (Å²) >= 11 is 3.26. The zero-order valence-electron chi connectivity index (χ0n) is 9.05. The summed E-state index contributed by atoms with van der Waals surface area (Å²) in [4.78, 5) is 0. The van der Waals surface area contributed by atoms with E-state index in [0.717, 1.165) is 16.6 Å². The van der Waals surface area contributed by atoms with Crippen LogP contribution in [0.15, 0.2) is 40.9 Å². The van der Waals surface area contributed by atoms with E-state index in [4.69, 9.17) is 5.26 Å². The highest BCUT2D eigenvalue weighted by molar-refractivity contribution is 9.10. The third kappa shape index (κ3) is 2.66. The molecule has 2 aromatic rings. The molecule has 0 saturated carbocycles. The second-order valence-electron chi connectivity index (χ2n) is 3.56. The minimum absolute atomic E-state index is 0.0511. The maximum atomic E-state index is 13.6. The topological polar surface area (TPSA) is 35.8 Å². The minimum atomic E-state index is -0.800. The Kier molecular flexibility index (Phi) is 3.58. The van der Waals surface area contributed by atoms with Gasteiger partial charge in [-0.25, -0.2) is 8.78 Å². The highest BCUT2D eigenvalue weighted by Crippen LogP contribution is 2.26. The Morgan fingerprint density at radius 3 is 2.33 bits per heavy atom. The van der Waals surface area contributed by atoms with E-state index in [-0.39, 0.29) is 11.3 Å². The van der Waals surface area contributed by atoms with Crippen LogP contribution in [0.1, 0.15) is 5.56 Å². The molecule has 0 amide bonds. The monoisotopic (exact) mass is 308 g/mol. The molecule has 2 rings (SSSR count). The molecule has 0 bridgehead atoms. The van der Waals surface area contributed by atoms with Crippen LogP contribution in [0.3, 0.4) is 0 Å². The molecule has 0 aromatic heterocycles. The molecule has 18 heavy (non-hydrogen) atoms. The predicted molar refractivity (Wildman–Crippen MR) is 68.5 cm³/mol. The standard InChI is InChI=1S/C13H7BrF2N2/c14-9-2-1-3-10(6-9)18-13-11(15)4-8(7-17)5-12(13)16/h1-6,18H. The zero-order chi connectivity index (χ0) is 13.1. The molecule has 0 unspecified atom stereocenters. The zero-order valence-corrected chi connectivity index (χ0v) is 10.6. The summed E-state index contributed by atoms with van der Waals surface area (Å²) in [6.45, 7) is 0. The first kappa shape index (κ1) is 12.5. The molecule has 0 aliphatic heterocycles. The number of hydrogen-bond donors (Lipinski definition) is 1. The summed E-state index contributed by atoms with van der Waals surface area (Å²) in [6.07, 6.45) is 0. The van der Waals surface area contributed by atoms with Crippen LogP contribution >= 0.6 is 15.9 Å². The van der Waals surface area contributed by atoms with Crippen molar-refractivity contribution in [2.45, 2.75) is 0 Å². The van der Waals surface area contributed by atoms with Crippen molar-refractivity contribution in [3.63, 3.8) is 0 Å². The number of nitrogens with zero attached hydrogens (tertiary/aromatic N) is 1. The van der Waals surface area contributed by atoms with Crippen molar-refractivity contribution < 1.29 is 8.78 Å². The average Bonchev–Trinajstić information content (AvgIpc) is 2.33. The van der Waals surface area contributed by atoms with Gasteiger partial charge in [-0.15, -0.1) is 0 Å². The van der Waals surface area contributed by atoms with Crippen LogP contribution in [-0.2, 0) is 0 Å². The number of anilines is 2. The molecule has 0 saturated heterocycles. The van der Waals surface area contributed by atoms with Gasteiger partial charge >= 0.3 is 0 Å². The lowest BCUT2D eigenvalue weighted by atomic mass is 10.2. The van der Waals surface area contributed by atoms with Crippen molar-refractivity contribution in [2.75, 3.05) is 5.32 Å². The van der Waals surface area contributed by atoms with Crippen LogP contribution in [0.4, 0.5) is 20.2 Å². The molecule has 90 valence electrons. The molecule has 0 atom stereocenters. The van der Waals surface area contributed by atoms with Gasteiger partial charge in [0.15, 0.2) is 11.6 Å². The molecule has 1 N–H and O–H groups in total. The molecular formula is C13H7BrF2N2. The van der Waals surface area contributed by atoms with Gasteiger partial charge in [0.1, 0.15) is 5.69 Å². The normalized spacial score (nSPS) is 9.89. The number of benzene rings is 2. The summed E-state index contributed by atoms with van der Waals surface area (Å²) in [5.41, 5.74) is 0.226. The fourth-order valence-corrected chi connectivity index (χ4v) is 1.87. The van der Waals surface area contributed by atoms with Crippen LogP contribution in [0.25, 0.3) is 0 Å². The molecule has 2 aromatic carbocycles. The van der Waals surface area contributed by atoms with E-state index in [1.807, 2.05) is 0 Å². The number of nitrogens with one attached hydrogen (secondary N) is 1. The third-order valence-electron chi connectivity index (χ3n) is 2.27. The van der Waals surface area contributed by atoms with Gasteiger partial charge in [0, 0.05) is 10.2 Å². The van der Waals surface area contributed by atoms with Gasteiger partial charge in [-0.3, -0.25) is 0 Å². The Balaban J connectivity index is 2.38. The number of halogens is 3. The first-order chi connectivity index (χ1) is 8.60. The highest BCUT2D eigenvalue weighted by atomic mass is 79.9. The molecule has 0 aliphatic carbocycles. The van der Waals surface area contributed by atoms with Crippen LogP contribution in [-0.4, -0.2) is 0 Å². The molecular weight excluding hydrogens is 302 g/mol. The second kappa shape index (κ2) is 5.15. The highest BCUT2D eigenvalue weighted by Gasteiger charge is 2.11. The van der Waals surface area contributed by atoms with Gasteiger partial charge in [0.25, 0.3) is 0 Å². The lowest BCUT2D eigenvalue weighted by molar-refractivity contribution is 0.590. The quantitative estimate of drug-likeness (QED) is 0.895. The summed E-state index contributed by atoms with van der Waals surface area (Å²) in [7, 11) is 0. The Labute approximate surface area is 111 Å². The Morgan fingerprint density at radius 1 is 1.11 bits per heavy atom. The molecule has 0 heterocycles. The van der Waals surface area contributed by atoms with Crippen molar-refractivity contribution in [3.8, 4) is 6.07 Å².